The number of nitrogens with zero attached hydrogens (tertiary/aromatic N) is 4. The van der Waals surface area contributed by atoms with Crippen LogP contribution in [0.25, 0.3) is 0 Å². The fourth-order valence-electron chi connectivity index (χ4n) is 3.24. The van der Waals surface area contributed by atoms with E-state index in [-0.39, 0.29) is 11.2 Å². The van der Waals surface area contributed by atoms with Crippen molar-refractivity contribution in [1.82, 2.24) is 19.8 Å². The zero-order chi connectivity index (χ0) is 17.8. The minimum absolute atomic E-state index is 0.0124. The van der Waals surface area contributed by atoms with Crippen molar-refractivity contribution < 1.29 is 4.79 Å². The van der Waals surface area contributed by atoms with Crippen LogP contribution < -0.4 is 5.84 Å². The summed E-state index contributed by atoms with van der Waals surface area (Å²) in [5.74, 6) is 7.51. The van der Waals surface area contributed by atoms with Gasteiger partial charge in [-0.3, -0.25) is 4.79 Å². The Morgan fingerprint density at radius 3 is 2.52 bits per heavy atom. The highest BCUT2D eigenvalue weighted by atomic mass is 32.2. The van der Waals surface area contributed by atoms with Gasteiger partial charge in [0.15, 0.2) is 5.82 Å². The average Bonchev–Trinajstić information content (AvgIpc) is 3.01. The van der Waals surface area contributed by atoms with Crippen LogP contribution in [0.1, 0.15) is 54.7 Å². The van der Waals surface area contributed by atoms with Crippen LogP contribution in [0.5, 0.6) is 0 Å². The fourth-order valence-corrected chi connectivity index (χ4v) is 4.35. The molecule has 1 unspecified atom stereocenters. The van der Waals surface area contributed by atoms with E-state index in [1.165, 1.54) is 31.0 Å². The maximum absolute atomic E-state index is 12.7. The van der Waals surface area contributed by atoms with Crippen LogP contribution in [-0.4, -0.2) is 39.8 Å². The highest BCUT2D eigenvalue weighted by Crippen LogP contribution is 2.37. The van der Waals surface area contributed by atoms with E-state index in [9.17, 15) is 4.79 Å². The van der Waals surface area contributed by atoms with Crippen molar-refractivity contribution in [1.29, 1.82) is 0 Å². The number of aromatic nitrogens is 3. The average molecular weight is 359 g/mol. The molecule has 7 heteroatoms. The Morgan fingerprint density at radius 1 is 1.20 bits per heavy atom. The molecule has 1 aromatic heterocycles. The van der Waals surface area contributed by atoms with Crippen molar-refractivity contribution in [3.63, 3.8) is 0 Å². The number of nitrogens with two attached hydrogens (primary N) is 1. The number of carbonyl (C=O) groups excluding carboxylic acids is 1. The molecule has 1 aliphatic rings. The third-order valence-electron chi connectivity index (χ3n) is 4.65. The Kier molecular flexibility index (Phi) is 5.63. The van der Waals surface area contributed by atoms with E-state index < -0.39 is 0 Å². The summed E-state index contributed by atoms with van der Waals surface area (Å²) in [5, 5.41) is 8.81. The Bertz CT molecular complexity index is 710. The topological polar surface area (TPSA) is 77.0 Å². The first-order valence-electron chi connectivity index (χ1n) is 8.71. The standard InChI is InChI=1S/C18H25N5OS/c1-22(2)17(24)15(13-9-5-3-6-10-13)25-18-21-20-16(23(18)19)14-11-7-4-8-12-14/h3,5-6,9-10,14-15H,4,7-8,11-12,19H2,1-2H3. The lowest BCUT2D eigenvalue weighted by Gasteiger charge is -2.21. The Labute approximate surface area is 152 Å². The molecule has 134 valence electrons. The van der Waals surface area contributed by atoms with Gasteiger partial charge in [-0.2, -0.15) is 0 Å². The summed E-state index contributed by atoms with van der Waals surface area (Å²) in [5.41, 5.74) is 0.938. The molecule has 0 radical (unpaired) electrons. The number of nitrogen functional groups attached to an aromatic ring is 1. The number of hydrogen-bond acceptors (Lipinski definition) is 5. The molecule has 1 amide bonds. The number of likely N-dealkylation sites (N-methyl/N-ethyl adjacent to an activating group) is 1. The van der Waals surface area contributed by atoms with Crippen LogP contribution >= 0.6 is 11.8 Å². The summed E-state index contributed by atoms with van der Waals surface area (Å²) in [6, 6.07) is 9.73. The van der Waals surface area contributed by atoms with Crippen molar-refractivity contribution in [2.75, 3.05) is 19.9 Å². The normalized spacial score (nSPS) is 16.6. The molecule has 0 saturated heterocycles. The van der Waals surface area contributed by atoms with E-state index in [1.54, 1.807) is 23.7 Å². The number of benzene rings is 1. The lowest BCUT2D eigenvalue weighted by molar-refractivity contribution is -0.128. The van der Waals surface area contributed by atoms with Gasteiger partial charge in [0, 0.05) is 20.0 Å². The first-order chi connectivity index (χ1) is 12.1. The van der Waals surface area contributed by atoms with Crippen molar-refractivity contribution in [3.8, 4) is 0 Å². The van der Waals surface area contributed by atoms with Gasteiger partial charge in [-0.05, 0) is 18.4 Å². The maximum Gasteiger partial charge on any atom is 0.240 e. The number of rotatable bonds is 5. The smallest absolute Gasteiger partial charge is 0.240 e. The SMILES string of the molecule is CN(C)C(=O)C(Sc1nnc(C2CCCCC2)n1N)c1ccccc1. The molecule has 25 heavy (non-hydrogen) atoms. The summed E-state index contributed by atoms with van der Waals surface area (Å²) in [7, 11) is 3.53. The summed E-state index contributed by atoms with van der Waals surface area (Å²) in [6.07, 6.45) is 5.93. The minimum Gasteiger partial charge on any atom is -0.348 e. The Balaban J connectivity index is 1.85. The lowest BCUT2D eigenvalue weighted by Crippen LogP contribution is -2.27. The second kappa shape index (κ2) is 7.91. The van der Waals surface area contributed by atoms with Crippen LogP contribution in [0, 0.1) is 0 Å². The van der Waals surface area contributed by atoms with Gasteiger partial charge in [-0.15, -0.1) is 10.2 Å². The third-order valence-corrected chi connectivity index (χ3v) is 5.85. The second-order valence-electron chi connectivity index (χ2n) is 6.69. The fraction of sp³-hybridized carbons (Fsp3) is 0.500. The van der Waals surface area contributed by atoms with Gasteiger partial charge in [0.25, 0.3) is 0 Å². The van der Waals surface area contributed by atoms with Gasteiger partial charge in [0.1, 0.15) is 5.25 Å². The number of hydrogen-bond donors (Lipinski definition) is 1. The van der Waals surface area contributed by atoms with Crippen LogP contribution in [0.4, 0.5) is 0 Å². The molecule has 1 aromatic carbocycles. The monoisotopic (exact) mass is 359 g/mol. The van der Waals surface area contributed by atoms with Crippen molar-refractivity contribution >= 4 is 17.7 Å². The molecule has 0 spiro atoms. The van der Waals surface area contributed by atoms with E-state index in [1.807, 2.05) is 30.3 Å². The molecule has 2 aromatic rings. The number of carbonyl (C=O) groups is 1. The minimum atomic E-state index is -0.387. The zero-order valence-corrected chi connectivity index (χ0v) is 15.6. The first-order valence-corrected chi connectivity index (χ1v) is 9.59. The Morgan fingerprint density at radius 2 is 1.88 bits per heavy atom. The van der Waals surface area contributed by atoms with Crippen molar-refractivity contribution in [3.05, 3.63) is 41.7 Å². The number of thioether (sulfide) groups is 1. The maximum atomic E-state index is 12.7. The van der Waals surface area contributed by atoms with Gasteiger partial charge in [0.05, 0.1) is 0 Å². The summed E-state index contributed by atoms with van der Waals surface area (Å²) in [6.45, 7) is 0. The molecule has 1 heterocycles. The molecular weight excluding hydrogens is 334 g/mol. The van der Waals surface area contributed by atoms with Crippen LogP contribution in [-0.2, 0) is 4.79 Å². The van der Waals surface area contributed by atoms with Crippen LogP contribution in [0.3, 0.4) is 0 Å². The van der Waals surface area contributed by atoms with Crippen LogP contribution in [0.2, 0.25) is 0 Å². The van der Waals surface area contributed by atoms with Gasteiger partial charge < -0.3 is 10.7 Å². The van der Waals surface area contributed by atoms with E-state index in [4.69, 9.17) is 5.84 Å². The van der Waals surface area contributed by atoms with Gasteiger partial charge in [0.2, 0.25) is 11.1 Å². The van der Waals surface area contributed by atoms with E-state index >= 15 is 0 Å². The van der Waals surface area contributed by atoms with E-state index in [2.05, 4.69) is 10.2 Å². The predicted octanol–water partition coefficient (Wildman–Crippen LogP) is 2.96. The lowest BCUT2D eigenvalue weighted by atomic mass is 9.89. The van der Waals surface area contributed by atoms with Gasteiger partial charge >= 0.3 is 0 Å². The molecule has 1 atom stereocenters. The Hall–Kier alpha value is -2.02. The largest absolute Gasteiger partial charge is 0.348 e. The molecule has 0 bridgehead atoms. The first kappa shape index (κ1) is 17.8. The second-order valence-corrected chi connectivity index (χ2v) is 7.76. The number of amides is 1. The van der Waals surface area contributed by atoms with Crippen molar-refractivity contribution in [2.24, 2.45) is 0 Å². The quantitative estimate of drug-likeness (QED) is 0.656. The molecule has 1 aliphatic carbocycles. The zero-order valence-electron chi connectivity index (χ0n) is 14.8. The molecule has 1 fully saturated rings. The van der Waals surface area contributed by atoms with Crippen LogP contribution in [0.15, 0.2) is 35.5 Å². The molecule has 3 rings (SSSR count). The molecule has 1 saturated carbocycles. The molecular formula is C18H25N5OS. The third kappa shape index (κ3) is 3.98. The van der Waals surface area contributed by atoms with Gasteiger partial charge in [-0.25, -0.2) is 4.68 Å². The molecule has 6 nitrogen and oxygen atoms in total. The summed E-state index contributed by atoms with van der Waals surface area (Å²) < 4.78 is 1.58. The van der Waals surface area contributed by atoms with E-state index in [0.717, 1.165) is 24.2 Å². The van der Waals surface area contributed by atoms with Gasteiger partial charge in [-0.1, -0.05) is 61.4 Å². The molecule has 2 N–H and O–H groups in total. The predicted molar refractivity (Wildman–Crippen MR) is 99.7 cm³/mol. The summed E-state index contributed by atoms with van der Waals surface area (Å²) in [4.78, 5) is 14.3. The highest BCUT2D eigenvalue weighted by molar-refractivity contribution is 8.00. The van der Waals surface area contributed by atoms with Crippen molar-refractivity contribution in [2.45, 2.75) is 48.4 Å². The molecule has 0 aliphatic heterocycles. The highest BCUT2D eigenvalue weighted by Gasteiger charge is 2.28. The van der Waals surface area contributed by atoms with E-state index in [0.29, 0.717) is 11.1 Å². The summed E-state index contributed by atoms with van der Waals surface area (Å²) >= 11 is 1.36.